The SMILES string of the molecule is CCn1cc(C(=O)NCCCn2c(C)cc3ccccc32)c(=O)c2ccc(C)nc21. The lowest BCUT2D eigenvalue weighted by Crippen LogP contribution is -2.31. The van der Waals surface area contributed by atoms with Gasteiger partial charge in [0.15, 0.2) is 0 Å². The highest BCUT2D eigenvalue weighted by Gasteiger charge is 2.16. The molecule has 0 aliphatic heterocycles. The van der Waals surface area contributed by atoms with Crippen LogP contribution in [0.25, 0.3) is 21.9 Å². The predicted molar refractivity (Wildman–Crippen MR) is 120 cm³/mol. The largest absolute Gasteiger partial charge is 0.352 e. The second kappa shape index (κ2) is 8.14. The molecule has 3 aromatic heterocycles. The Bertz CT molecular complexity index is 1300. The average molecular weight is 402 g/mol. The van der Waals surface area contributed by atoms with Crippen molar-refractivity contribution in [2.45, 2.75) is 40.3 Å². The third-order valence-corrected chi connectivity index (χ3v) is 5.51. The zero-order valence-corrected chi connectivity index (χ0v) is 17.6. The van der Waals surface area contributed by atoms with E-state index in [-0.39, 0.29) is 16.9 Å². The number of rotatable bonds is 6. The molecule has 6 nitrogen and oxygen atoms in total. The van der Waals surface area contributed by atoms with Gasteiger partial charge in [0.25, 0.3) is 5.91 Å². The number of para-hydroxylation sites is 1. The van der Waals surface area contributed by atoms with E-state index in [4.69, 9.17) is 0 Å². The molecule has 0 unspecified atom stereocenters. The highest BCUT2D eigenvalue weighted by Crippen LogP contribution is 2.19. The Morgan fingerprint density at radius 1 is 1.13 bits per heavy atom. The number of carbonyl (C=O) groups excluding carboxylic acids is 1. The molecule has 0 spiro atoms. The van der Waals surface area contributed by atoms with Crippen LogP contribution in [0.1, 0.15) is 35.1 Å². The number of fused-ring (bicyclic) bond motifs is 2. The van der Waals surface area contributed by atoms with Crippen molar-refractivity contribution in [3.8, 4) is 0 Å². The standard InChI is InChI=1S/C24H26N4O2/c1-4-27-15-20(22(29)19-11-10-16(2)26-23(19)27)24(30)25-12-7-13-28-17(3)14-18-8-5-6-9-21(18)28/h5-6,8-11,14-15H,4,7,12-13H2,1-3H3,(H,25,30). The summed E-state index contributed by atoms with van der Waals surface area (Å²) < 4.78 is 4.11. The van der Waals surface area contributed by atoms with Crippen LogP contribution in [0.3, 0.4) is 0 Å². The van der Waals surface area contributed by atoms with Gasteiger partial charge in [-0.3, -0.25) is 9.59 Å². The first-order valence-electron chi connectivity index (χ1n) is 10.3. The van der Waals surface area contributed by atoms with E-state index in [9.17, 15) is 9.59 Å². The molecule has 1 N–H and O–H groups in total. The summed E-state index contributed by atoms with van der Waals surface area (Å²) in [6.45, 7) is 7.89. The van der Waals surface area contributed by atoms with E-state index >= 15 is 0 Å². The van der Waals surface area contributed by atoms with Crippen LogP contribution < -0.4 is 10.7 Å². The number of aryl methyl sites for hydroxylation is 4. The summed E-state index contributed by atoms with van der Waals surface area (Å²) in [5.41, 5.74) is 3.75. The molecular formula is C24H26N4O2. The Morgan fingerprint density at radius 2 is 1.93 bits per heavy atom. The molecule has 0 saturated heterocycles. The molecule has 0 aliphatic carbocycles. The van der Waals surface area contributed by atoms with Gasteiger partial charge < -0.3 is 14.5 Å². The molecule has 0 saturated carbocycles. The van der Waals surface area contributed by atoms with Crippen LogP contribution in [0.15, 0.2) is 53.5 Å². The number of nitrogens with one attached hydrogen (secondary N) is 1. The minimum Gasteiger partial charge on any atom is -0.352 e. The molecule has 1 aromatic carbocycles. The molecular weight excluding hydrogens is 376 g/mol. The van der Waals surface area contributed by atoms with Crippen molar-refractivity contribution in [3.63, 3.8) is 0 Å². The highest BCUT2D eigenvalue weighted by molar-refractivity contribution is 5.96. The lowest BCUT2D eigenvalue weighted by molar-refractivity contribution is 0.0951. The van der Waals surface area contributed by atoms with E-state index in [2.05, 4.69) is 40.0 Å². The Balaban J connectivity index is 1.48. The number of nitrogens with zero attached hydrogens (tertiary/aromatic N) is 3. The zero-order chi connectivity index (χ0) is 21.3. The van der Waals surface area contributed by atoms with Crippen molar-refractivity contribution in [2.24, 2.45) is 0 Å². The fourth-order valence-corrected chi connectivity index (χ4v) is 3.94. The van der Waals surface area contributed by atoms with Crippen LogP contribution in [0.2, 0.25) is 0 Å². The fourth-order valence-electron chi connectivity index (χ4n) is 3.94. The van der Waals surface area contributed by atoms with E-state index in [1.807, 2.05) is 30.5 Å². The van der Waals surface area contributed by atoms with Crippen molar-refractivity contribution in [2.75, 3.05) is 6.54 Å². The van der Waals surface area contributed by atoms with Gasteiger partial charge in [0, 0.05) is 42.7 Å². The second-order valence-electron chi connectivity index (χ2n) is 7.59. The Hall–Kier alpha value is -3.41. The smallest absolute Gasteiger partial charge is 0.256 e. The number of carbonyl (C=O) groups is 1. The Labute approximate surface area is 175 Å². The number of aromatic nitrogens is 3. The summed E-state index contributed by atoms with van der Waals surface area (Å²) in [5.74, 6) is -0.334. The highest BCUT2D eigenvalue weighted by atomic mass is 16.2. The number of pyridine rings is 2. The normalized spacial score (nSPS) is 11.3. The Kier molecular flexibility index (Phi) is 5.40. The van der Waals surface area contributed by atoms with E-state index in [0.717, 1.165) is 18.7 Å². The average Bonchev–Trinajstić information content (AvgIpc) is 3.06. The van der Waals surface area contributed by atoms with Crippen LogP contribution in [0, 0.1) is 13.8 Å². The monoisotopic (exact) mass is 402 g/mol. The van der Waals surface area contributed by atoms with E-state index in [1.165, 1.54) is 16.6 Å². The molecule has 0 radical (unpaired) electrons. The van der Waals surface area contributed by atoms with Crippen molar-refractivity contribution >= 4 is 27.8 Å². The van der Waals surface area contributed by atoms with Crippen LogP contribution in [-0.4, -0.2) is 26.6 Å². The molecule has 1 amide bonds. The maximum atomic E-state index is 12.8. The van der Waals surface area contributed by atoms with E-state index in [1.54, 1.807) is 18.3 Å². The summed E-state index contributed by atoms with van der Waals surface area (Å²) in [6.07, 6.45) is 2.40. The van der Waals surface area contributed by atoms with Crippen LogP contribution >= 0.6 is 0 Å². The topological polar surface area (TPSA) is 68.9 Å². The number of hydrogen-bond acceptors (Lipinski definition) is 3. The van der Waals surface area contributed by atoms with E-state index in [0.29, 0.717) is 24.1 Å². The van der Waals surface area contributed by atoms with Gasteiger partial charge in [0.2, 0.25) is 5.43 Å². The summed E-state index contributed by atoms with van der Waals surface area (Å²) in [5, 5.41) is 4.61. The van der Waals surface area contributed by atoms with Gasteiger partial charge >= 0.3 is 0 Å². The quantitative estimate of drug-likeness (QED) is 0.499. The lowest BCUT2D eigenvalue weighted by atomic mass is 10.1. The summed E-state index contributed by atoms with van der Waals surface area (Å²) in [4.78, 5) is 30.0. The lowest BCUT2D eigenvalue weighted by Gasteiger charge is -2.12. The maximum absolute atomic E-state index is 12.8. The van der Waals surface area contributed by atoms with Crippen LogP contribution in [-0.2, 0) is 13.1 Å². The number of amides is 1. The molecule has 154 valence electrons. The minimum absolute atomic E-state index is 0.164. The third-order valence-electron chi connectivity index (χ3n) is 5.51. The van der Waals surface area contributed by atoms with Gasteiger partial charge in [-0.1, -0.05) is 18.2 Å². The van der Waals surface area contributed by atoms with Gasteiger partial charge in [-0.25, -0.2) is 4.98 Å². The number of hydrogen-bond donors (Lipinski definition) is 1. The predicted octanol–water partition coefficient (Wildman–Crippen LogP) is 3.81. The second-order valence-corrected chi connectivity index (χ2v) is 7.59. The molecule has 4 aromatic rings. The summed E-state index contributed by atoms with van der Waals surface area (Å²) in [6, 6.07) is 14.0. The first-order valence-corrected chi connectivity index (χ1v) is 10.3. The van der Waals surface area contributed by atoms with Gasteiger partial charge in [-0.05, 0) is 56.8 Å². The third kappa shape index (κ3) is 3.61. The number of benzene rings is 1. The van der Waals surface area contributed by atoms with Crippen molar-refractivity contribution in [1.29, 1.82) is 0 Å². The van der Waals surface area contributed by atoms with Gasteiger partial charge in [0.1, 0.15) is 11.2 Å². The van der Waals surface area contributed by atoms with Crippen molar-refractivity contribution in [3.05, 3.63) is 75.8 Å². The van der Waals surface area contributed by atoms with Crippen LogP contribution in [0.4, 0.5) is 0 Å². The molecule has 0 atom stereocenters. The van der Waals surface area contributed by atoms with Gasteiger partial charge in [-0.2, -0.15) is 0 Å². The molecule has 0 fully saturated rings. The summed E-state index contributed by atoms with van der Waals surface area (Å²) >= 11 is 0. The minimum atomic E-state index is -0.334. The molecule has 30 heavy (non-hydrogen) atoms. The molecule has 3 heterocycles. The van der Waals surface area contributed by atoms with Crippen LogP contribution in [0.5, 0.6) is 0 Å². The maximum Gasteiger partial charge on any atom is 0.256 e. The fraction of sp³-hybridized carbons (Fsp3) is 0.292. The molecule has 0 aliphatic rings. The first kappa shape index (κ1) is 19.9. The van der Waals surface area contributed by atoms with Crippen molar-refractivity contribution < 1.29 is 4.79 Å². The molecule has 4 rings (SSSR count). The van der Waals surface area contributed by atoms with E-state index < -0.39 is 0 Å². The zero-order valence-electron chi connectivity index (χ0n) is 17.6. The molecule has 6 heteroatoms. The van der Waals surface area contributed by atoms with Gasteiger partial charge in [-0.15, -0.1) is 0 Å². The first-order chi connectivity index (χ1) is 14.5. The summed E-state index contributed by atoms with van der Waals surface area (Å²) in [7, 11) is 0. The Morgan fingerprint density at radius 3 is 2.73 bits per heavy atom. The van der Waals surface area contributed by atoms with Crippen molar-refractivity contribution in [1.82, 2.24) is 19.4 Å². The molecule has 0 bridgehead atoms. The van der Waals surface area contributed by atoms with Gasteiger partial charge in [0.05, 0.1) is 5.39 Å².